The third-order valence-electron chi connectivity index (χ3n) is 3.38. The fourth-order valence-electron chi connectivity index (χ4n) is 2.38. The van der Waals surface area contributed by atoms with E-state index in [0.29, 0.717) is 0 Å². The highest BCUT2D eigenvalue weighted by atomic mass is 32.1. The molecule has 2 aromatic rings. The van der Waals surface area contributed by atoms with Gasteiger partial charge in [-0.15, -0.1) is 11.3 Å². The molecule has 4 heteroatoms. The third kappa shape index (κ3) is 2.35. The van der Waals surface area contributed by atoms with Gasteiger partial charge in [0.25, 0.3) is 0 Å². The zero-order chi connectivity index (χ0) is 12.4. The number of hydrogen-bond donors (Lipinski definition) is 1. The first-order valence-corrected chi connectivity index (χ1v) is 7.40. The number of nitrogens with one attached hydrogen (secondary N) is 1. The van der Waals surface area contributed by atoms with Crippen LogP contribution >= 0.6 is 11.3 Å². The van der Waals surface area contributed by atoms with Crippen LogP contribution in [0, 0.1) is 0 Å². The molecule has 0 saturated carbocycles. The van der Waals surface area contributed by atoms with Crippen molar-refractivity contribution in [1.82, 2.24) is 10.3 Å². The predicted octanol–water partition coefficient (Wildman–Crippen LogP) is 3.04. The van der Waals surface area contributed by atoms with Gasteiger partial charge in [-0.2, -0.15) is 0 Å². The lowest BCUT2D eigenvalue weighted by Crippen LogP contribution is -2.10. The molecule has 0 aliphatic heterocycles. The van der Waals surface area contributed by atoms with Crippen molar-refractivity contribution in [3.8, 4) is 10.6 Å². The molecule has 1 aliphatic rings. The molecule has 0 fully saturated rings. The summed E-state index contributed by atoms with van der Waals surface area (Å²) in [5.41, 5.74) is 1.52. The minimum atomic E-state index is 0.825. The van der Waals surface area contributed by atoms with Crippen LogP contribution in [0.25, 0.3) is 10.6 Å². The van der Waals surface area contributed by atoms with Crippen LogP contribution in [0.5, 0.6) is 0 Å². The first-order valence-electron chi connectivity index (χ1n) is 6.58. The molecular formula is C14H18N2OS. The number of aromatic nitrogens is 1. The Morgan fingerprint density at radius 3 is 3.11 bits per heavy atom. The molecule has 0 amide bonds. The van der Waals surface area contributed by atoms with E-state index in [0.717, 1.165) is 24.6 Å². The summed E-state index contributed by atoms with van der Waals surface area (Å²) in [5.74, 6) is 1.76. The largest absolute Gasteiger partial charge is 0.440 e. The third-order valence-corrected chi connectivity index (χ3v) is 4.63. The Labute approximate surface area is 111 Å². The monoisotopic (exact) mass is 262 g/mol. The van der Waals surface area contributed by atoms with Crippen molar-refractivity contribution in [1.29, 1.82) is 0 Å². The Morgan fingerprint density at radius 2 is 2.28 bits per heavy atom. The van der Waals surface area contributed by atoms with Gasteiger partial charge in [0.1, 0.15) is 0 Å². The van der Waals surface area contributed by atoms with E-state index in [1.165, 1.54) is 36.1 Å². The molecule has 0 unspecified atom stereocenters. The summed E-state index contributed by atoms with van der Waals surface area (Å²) in [4.78, 5) is 7.12. The molecule has 0 spiro atoms. The maximum atomic E-state index is 5.81. The molecular weight excluding hydrogens is 244 g/mol. The molecule has 1 N–H and O–H groups in total. The Balaban J connectivity index is 1.81. The van der Waals surface area contributed by atoms with Crippen molar-refractivity contribution in [2.75, 3.05) is 13.6 Å². The molecule has 3 rings (SSSR count). The van der Waals surface area contributed by atoms with Gasteiger partial charge < -0.3 is 9.73 Å². The second kappa shape index (κ2) is 5.24. The van der Waals surface area contributed by atoms with Gasteiger partial charge in [0.05, 0.1) is 11.1 Å². The van der Waals surface area contributed by atoms with E-state index in [1.807, 2.05) is 24.6 Å². The lowest BCUT2D eigenvalue weighted by atomic mass is 9.99. The highest BCUT2D eigenvalue weighted by Gasteiger charge is 2.16. The standard InChI is InChI=1S/C14H18N2OS/c1-15-7-6-14-16-9-11(17-14)13-8-10-4-2-3-5-12(10)18-13/h8-9,15H,2-7H2,1H3. The minimum absolute atomic E-state index is 0.825. The molecule has 0 radical (unpaired) electrons. The molecule has 3 nitrogen and oxygen atoms in total. The van der Waals surface area contributed by atoms with Crippen LogP contribution in [-0.4, -0.2) is 18.6 Å². The zero-order valence-corrected chi connectivity index (χ0v) is 11.5. The van der Waals surface area contributed by atoms with Crippen LogP contribution < -0.4 is 5.32 Å². The topological polar surface area (TPSA) is 38.1 Å². The number of aryl methyl sites for hydroxylation is 2. The molecule has 0 bridgehead atoms. The number of oxazole rings is 1. The fourth-order valence-corrected chi connectivity index (χ4v) is 3.58. The molecule has 0 aromatic carbocycles. The van der Waals surface area contributed by atoms with E-state index >= 15 is 0 Å². The Bertz CT molecular complexity index is 506. The van der Waals surface area contributed by atoms with Crippen LogP contribution in [0.15, 0.2) is 16.7 Å². The summed E-state index contributed by atoms with van der Waals surface area (Å²) >= 11 is 1.88. The van der Waals surface area contributed by atoms with E-state index in [4.69, 9.17) is 4.42 Å². The summed E-state index contributed by atoms with van der Waals surface area (Å²) in [7, 11) is 1.94. The second-order valence-electron chi connectivity index (χ2n) is 4.74. The number of rotatable bonds is 4. The normalized spacial score (nSPS) is 14.7. The minimum Gasteiger partial charge on any atom is -0.440 e. The van der Waals surface area contributed by atoms with Gasteiger partial charge in [0.2, 0.25) is 0 Å². The van der Waals surface area contributed by atoms with Gasteiger partial charge in [0.15, 0.2) is 11.7 Å². The maximum Gasteiger partial charge on any atom is 0.196 e. The lowest BCUT2D eigenvalue weighted by Gasteiger charge is -2.08. The zero-order valence-electron chi connectivity index (χ0n) is 10.7. The van der Waals surface area contributed by atoms with Gasteiger partial charge >= 0.3 is 0 Å². The van der Waals surface area contributed by atoms with Crippen LogP contribution in [0.3, 0.4) is 0 Å². The molecule has 1 aliphatic carbocycles. The van der Waals surface area contributed by atoms with Gasteiger partial charge in [-0.1, -0.05) is 0 Å². The summed E-state index contributed by atoms with van der Waals surface area (Å²) in [6.45, 7) is 0.904. The van der Waals surface area contributed by atoms with E-state index in [9.17, 15) is 0 Å². The SMILES string of the molecule is CNCCc1ncc(-c2cc3c(s2)CCCC3)o1. The Morgan fingerprint density at radius 1 is 1.39 bits per heavy atom. The van der Waals surface area contributed by atoms with Crippen molar-refractivity contribution >= 4 is 11.3 Å². The average molecular weight is 262 g/mol. The summed E-state index contributed by atoms with van der Waals surface area (Å²) in [6, 6.07) is 2.29. The van der Waals surface area contributed by atoms with E-state index < -0.39 is 0 Å². The first-order chi connectivity index (χ1) is 8.86. The molecule has 0 saturated heterocycles. The molecule has 2 heterocycles. The number of thiophene rings is 1. The maximum absolute atomic E-state index is 5.81. The van der Waals surface area contributed by atoms with Crippen LogP contribution in [0.4, 0.5) is 0 Å². The smallest absolute Gasteiger partial charge is 0.196 e. The predicted molar refractivity (Wildman–Crippen MR) is 74.1 cm³/mol. The lowest BCUT2D eigenvalue weighted by molar-refractivity contribution is 0.501. The van der Waals surface area contributed by atoms with E-state index in [2.05, 4.69) is 16.4 Å². The average Bonchev–Trinajstić information content (AvgIpc) is 3.02. The number of fused-ring (bicyclic) bond motifs is 1. The quantitative estimate of drug-likeness (QED) is 0.920. The summed E-state index contributed by atoms with van der Waals surface area (Å²) < 4.78 is 5.81. The highest BCUT2D eigenvalue weighted by Crippen LogP contribution is 2.35. The van der Waals surface area contributed by atoms with Crippen LogP contribution in [-0.2, 0) is 19.3 Å². The van der Waals surface area contributed by atoms with Gasteiger partial charge in [0, 0.05) is 17.8 Å². The Hall–Kier alpha value is -1.13. The molecule has 96 valence electrons. The molecule has 18 heavy (non-hydrogen) atoms. The second-order valence-corrected chi connectivity index (χ2v) is 5.87. The number of hydrogen-bond acceptors (Lipinski definition) is 4. The van der Waals surface area contributed by atoms with Crippen molar-refractivity contribution in [2.24, 2.45) is 0 Å². The highest BCUT2D eigenvalue weighted by molar-refractivity contribution is 7.15. The summed E-state index contributed by atoms with van der Waals surface area (Å²) in [6.07, 6.45) is 7.83. The van der Waals surface area contributed by atoms with Crippen molar-refractivity contribution < 1.29 is 4.42 Å². The molecule has 2 aromatic heterocycles. The first kappa shape index (κ1) is 11.9. The number of likely N-dealkylation sites (N-methyl/N-ethyl adjacent to an activating group) is 1. The van der Waals surface area contributed by atoms with Gasteiger partial charge in [-0.25, -0.2) is 4.98 Å². The van der Waals surface area contributed by atoms with Gasteiger partial charge in [-0.3, -0.25) is 0 Å². The fraction of sp³-hybridized carbons (Fsp3) is 0.500. The van der Waals surface area contributed by atoms with Crippen LogP contribution in [0.2, 0.25) is 0 Å². The number of nitrogens with zero attached hydrogens (tertiary/aromatic N) is 1. The van der Waals surface area contributed by atoms with Crippen LogP contribution in [0.1, 0.15) is 29.2 Å². The van der Waals surface area contributed by atoms with Crippen molar-refractivity contribution in [3.05, 3.63) is 28.6 Å². The van der Waals surface area contributed by atoms with Crippen molar-refractivity contribution in [3.63, 3.8) is 0 Å². The molecule has 0 atom stereocenters. The van der Waals surface area contributed by atoms with Crippen molar-refractivity contribution in [2.45, 2.75) is 32.1 Å². The van der Waals surface area contributed by atoms with E-state index in [-0.39, 0.29) is 0 Å². The van der Waals surface area contributed by atoms with E-state index in [1.54, 1.807) is 4.88 Å². The van der Waals surface area contributed by atoms with Gasteiger partial charge in [-0.05, 0) is 44.4 Å². The Kier molecular flexibility index (Phi) is 3.48. The summed E-state index contributed by atoms with van der Waals surface area (Å²) in [5, 5.41) is 3.11.